The molecular formula is C31H29F3N6O2S. The molecule has 2 amide bonds. The zero-order valence-corrected chi connectivity index (χ0v) is 24.4. The van der Waals surface area contributed by atoms with Crippen molar-refractivity contribution in [2.45, 2.75) is 45.0 Å². The quantitative estimate of drug-likeness (QED) is 0.251. The third-order valence-corrected chi connectivity index (χ3v) is 8.58. The lowest BCUT2D eigenvalue weighted by Crippen LogP contribution is -2.38. The summed E-state index contributed by atoms with van der Waals surface area (Å²) in [5, 5.41) is 8.34. The molecule has 12 heteroatoms. The highest BCUT2D eigenvalue weighted by molar-refractivity contribution is 8.14. The van der Waals surface area contributed by atoms with Gasteiger partial charge in [-0.2, -0.15) is 4.99 Å². The Labute approximate surface area is 251 Å². The summed E-state index contributed by atoms with van der Waals surface area (Å²) in [6.45, 7) is 4.98. The van der Waals surface area contributed by atoms with Crippen molar-refractivity contribution in [2.75, 3.05) is 17.2 Å². The van der Waals surface area contributed by atoms with E-state index in [4.69, 9.17) is 0 Å². The summed E-state index contributed by atoms with van der Waals surface area (Å²) >= 11 is 1.60. The molecule has 8 nitrogen and oxygen atoms in total. The Morgan fingerprint density at radius 2 is 1.72 bits per heavy atom. The number of hydrogen-bond donors (Lipinski definition) is 1. The minimum atomic E-state index is -4.75. The van der Waals surface area contributed by atoms with E-state index >= 15 is 0 Å². The fraction of sp³-hybridized carbons (Fsp3) is 0.290. The number of hydrogen-bond acceptors (Lipinski definition) is 5. The number of carbonyl (C=O) groups is 1. The van der Waals surface area contributed by atoms with Crippen LogP contribution in [0.25, 0.3) is 17.1 Å². The number of carbonyl (C=O) groups excluding carboxylic acids is 1. The number of amidine groups is 1. The molecule has 0 spiro atoms. The normalized spacial score (nSPS) is 17.1. The molecular weight excluding hydrogens is 577 g/mol. The first-order chi connectivity index (χ1) is 20.6. The number of nitrogens with one attached hydrogen (secondary N) is 1. The number of benzene rings is 3. The van der Waals surface area contributed by atoms with Crippen molar-refractivity contribution >= 4 is 28.6 Å². The molecule has 2 fully saturated rings. The number of aryl methyl sites for hydroxylation is 2. The SMILES string of the molecule is Cc1cccc(C)c1N1CCCSC1=NC(=O)NC1(c2ccc(-c3ncn(-c4ccc(OC(F)(F)F)cc4)n3)cc2)CC1. The summed E-state index contributed by atoms with van der Waals surface area (Å²) < 4.78 is 42.7. The first kappa shape index (κ1) is 28.8. The van der Waals surface area contributed by atoms with Gasteiger partial charge in [0, 0.05) is 23.5 Å². The van der Waals surface area contributed by atoms with Crippen molar-refractivity contribution in [1.29, 1.82) is 0 Å². The van der Waals surface area contributed by atoms with E-state index < -0.39 is 11.9 Å². The van der Waals surface area contributed by atoms with Crippen LogP contribution in [-0.2, 0) is 5.54 Å². The van der Waals surface area contributed by atoms with Crippen molar-refractivity contribution < 1.29 is 22.7 Å². The summed E-state index contributed by atoms with van der Waals surface area (Å²) in [7, 11) is 0. The average Bonchev–Trinajstić information content (AvgIpc) is 3.57. The molecule has 4 aromatic rings. The molecule has 1 aromatic heterocycles. The van der Waals surface area contributed by atoms with Crippen LogP contribution in [0.5, 0.6) is 5.75 Å². The van der Waals surface area contributed by atoms with Gasteiger partial charge in [-0.25, -0.2) is 14.5 Å². The molecule has 222 valence electrons. The molecule has 6 rings (SSSR count). The lowest BCUT2D eigenvalue weighted by atomic mass is 10.0. The number of nitrogens with zero attached hydrogens (tertiary/aromatic N) is 5. The second kappa shape index (κ2) is 11.4. The monoisotopic (exact) mass is 606 g/mol. The number of rotatable bonds is 6. The maximum absolute atomic E-state index is 13.2. The van der Waals surface area contributed by atoms with Crippen LogP contribution in [0.3, 0.4) is 0 Å². The van der Waals surface area contributed by atoms with Gasteiger partial charge in [0.05, 0.1) is 11.2 Å². The van der Waals surface area contributed by atoms with Gasteiger partial charge in [-0.15, -0.1) is 18.3 Å². The molecule has 2 heterocycles. The minimum Gasteiger partial charge on any atom is -0.406 e. The molecule has 0 unspecified atom stereocenters. The molecule has 1 aliphatic heterocycles. The second-order valence-electron chi connectivity index (χ2n) is 10.6. The maximum Gasteiger partial charge on any atom is 0.573 e. The number of anilines is 1. The summed E-state index contributed by atoms with van der Waals surface area (Å²) in [4.78, 5) is 24.2. The Morgan fingerprint density at radius 1 is 1.02 bits per heavy atom. The largest absolute Gasteiger partial charge is 0.573 e. The minimum absolute atomic E-state index is 0.309. The van der Waals surface area contributed by atoms with Crippen LogP contribution in [0.4, 0.5) is 23.7 Å². The number of urea groups is 1. The van der Waals surface area contributed by atoms with E-state index in [0.29, 0.717) is 11.5 Å². The number of alkyl halides is 3. The Bertz CT molecular complexity index is 1640. The van der Waals surface area contributed by atoms with Crippen LogP contribution in [0, 0.1) is 13.8 Å². The number of aliphatic imine (C=N–C) groups is 1. The molecule has 3 aromatic carbocycles. The Hall–Kier alpha value is -4.32. The maximum atomic E-state index is 13.2. The van der Waals surface area contributed by atoms with Crippen LogP contribution in [0.1, 0.15) is 36.0 Å². The van der Waals surface area contributed by atoms with Gasteiger partial charge in [-0.3, -0.25) is 0 Å². The Morgan fingerprint density at radius 3 is 2.37 bits per heavy atom. The van der Waals surface area contributed by atoms with Crippen LogP contribution in [0.15, 0.2) is 78.0 Å². The van der Waals surface area contributed by atoms with Crippen LogP contribution < -0.4 is 15.0 Å². The molecule has 0 radical (unpaired) electrons. The van der Waals surface area contributed by atoms with Gasteiger partial charge in [0.2, 0.25) is 0 Å². The van der Waals surface area contributed by atoms with E-state index in [9.17, 15) is 18.0 Å². The molecule has 43 heavy (non-hydrogen) atoms. The molecule has 1 saturated carbocycles. The lowest BCUT2D eigenvalue weighted by molar-refractivity contribution is -0.274. The summed E-state index contributed by atoms with van der Waals surface area (Å²) in [5.41, 5.74) is 5.25. The third-order valence-electron chi connectivity index (χ3n) is 7.51. The predicted molar refractivity (Wildman–Crippen MR) is 161 cm³/mol. The number of para-hydroxylation sites is 1. The molecule has 1 N–H and O–H groups in total. The van der Waals surface area contributed by atoms with Crippen molar-refractivity contribution in [1.82, 2.24) is 20.1 Å². The van der Waals surface area contributed by atoms with E-state index in [0.717, 1.165) is 64.7 Å². The summed E-state index contributed by atoms with van der Waals surface area (Å²) in [6, 6.07) is 18.9. The van der Waals surface area contributed by atoms with Gasteiger partial charge in [0.1, 0.15) is 12.1 Å². The third kappa shape index (κ3) is 6.38. The van der Waals surface area contributed by atoms with E-state index in [1.165, 1.54) is 35.3 Å². The number of ether oxygens (including phenoxy) is 1. The van der Waals surface area contributed by atoms with Crippen LogP contribution >= 0.6 is 11.8 Å². The Balaban J connectivity index is 1.14. The standard InChI is InChI=1S/C31H29F3N6O2S/c1-20-5-3-6-21(2)26(20)39-17-4-18-43-29(39)36-28(41)37-30(15-16-30)23-9-7-22(8-10-23)27-35-19-40(38-27)24-11-13-25(14-12-24)42-31(32,33)34/h3,5-14,19H,4,15-18H2,1-2H3,(H,37,41). The van der Waals surface area contributed by atoms with Crippen LogP contribution in [-0.4, -0.2) is 44.6 Å². The van der Waals surface area contributed by atoms with Crippen molar-refractivity contribution in [3.05, 3.63) is 89.7 Å². The fourth-order valence-corrected chi connectivity index (χ4v) is 6.22. The number of halogens is 3. The number of thioether (sulfide) groups is 1. The Kier molecular flexibility index (Phi) is 7.63. The van der Waals surface area contributed by atoms with Crippen molar-refractivity contribution in [2.24, 2.45) is 4.99 Å². The molecule has 2 aliphatic rings. The zero-order chi connectivity index (χ0) is 30.2. The van der Waals surface area contributed by atoms with Gasteiger partial charge in [0.15, 0.2) is 11.0 Å². The highest BCUT2D eigenvalue weighted by atomic mass is 32.2. The smallest absolute Gasteiger partial charge is 0.406 e. The van der Waals surface area contributed by atoms with Gasteiger partial charge in [-0.1, -0.05) is 54.2 Å². The average molecular weight is 607 g/mol. The first-order valence-electron chi connectivity index (χ1n) is 13.9. The molecule has 0 atom stereocenters. The predicted octanol–water partition coefficient (Wildman–Crippen LogP) is 7.15. The van der Waals surface area contributed by atoms with E-state index in [2.05, 4.69) is 56.0 Å². The van der Waals surface area contributed by atoms with Crippen molar-refractivity contribution in [3.63, 3.8) is 0 Å². The van der Waals surface area contributed by atoms with E-state index in [1.807, 2.05) is 30.3 Å². The van der Waals surface area contributed by atoms with E-state index in [1.54, 1.807) is 11.8 Å². The van der Waals surface area contributed by atoms with Gasteiger partial charge in [0.25, 0.3) is 0 Å². The van der Waals surface area contributed by atoms with Gasteiger partial charge >= 0.3 is 12.4 Å². The van der Waals surface area contributed by atoms with Gasteiger partial charge < -0.3 is 15.0 Å². The first-order valence-corrected chi connectivity index (χ1v) is 14.8. The van der Waals surface area contributed by atoms with Crippen LogP contribution in [0.2, 0.25) is 0 Å². The number of amides is 2. The fourth-order valence-electron chi connectivity index (χ4n) is 5.28. The molecule has 0 bridgehead atoms. The van der Waals surface area contributed by atoms with Gasteiger partial charge in [-0.05, 0) is 74.1 Å². The molecule has 1 aliphatic carbocycles. The summed E-state index contributed by atoms with van der Waals surface area (Å²) in [5.74, 6) is 1.07. The van der Waals surface area contributed by atoms with Crippen molar-refractivity contribution in [3.8, 4) is 22.8 Å². The second-order valence-corrected chi connectivity index (χ2v) is 11.7. The van der Waals surface area contributed by atoms with E-state index in [-0.39, 0.29) is 11.8 Å². The summed E-state index contributed by atoms with van der Waals surface area (Å²) in [6.07, 6.45) is -0.601. The highest BCUT2D eigenvalue weighted by Gasteiger charge is 2.46. The lowest BCUT2D eigenvalue weighted by Gasteiger charge is -2.32. The highest BCUT2D eigenvalue weighted by Crippen LogP contribution is 2.46. The zero-order valence-electron chi connectivity index (χ0n) is 23.6. The molecule has 1 saturated heterocycles. The number of aromatic nitrogens is 3. The topological polar surface area (TPSA) is 84.6 Å².